The summed E-state index contributed by atoms with van der Waals surface area (Å²) in [6.45, 7) is 0. The molecule has 2 nitrogen and oxygen atoms in total. The van der Waals surface area contributed by atoms with Gasteiger partial charge in [-0.2, -0.15) is 0 Å². The third kappa shape index (κ3) is 4.30. The molecule has 8 aromatic carbocycles. The van der Waals surface area contributed by atoms with Gasteiger partial charge in [0.1, 0.15) is 0 Å². The van der Waals surface area contributed by atoms with Crippen LogP contribution in [0.25, 0.3) is 83.4 Å². The Morgan fingerprint density at radius 1 is 0.339 bits per heavy atom. The fourth-order valence-electron chi connectivity index (χ4n) is 9.81. The summed E-state index contributed by atoms with van der Waals surface area (Å²) in [7, 11) is 0. The molecule has 12 rings (SSSR count). The minimum absolute atomic E-state index is 0.403. The van der Waals surface area contributed by atoms with Gasteiger partial charge in [0.25, 0.3) is 0 Å². The third-order valence-electron chi connectivity index (χ3n) is 12.2. The molecule has 260 valence electrons. The highest BCUT2D eigenvalue weighted by Gasteiger charge is 2.50. The normalized spacial score (nSPS) is 13.1. The molecule has 0 radical (unpaired) electrons. The zero-order valence-electron chi connectivity index (χ0n) is 30.5. The van der Waals surface area contributed by atoms with E-state index in [1.165, 1.54) is 72.0 Å². The van der Waals surface area contributed by atoms with E-state index in [9.17, 15) is 0 Å². The molecule has 2 heteroatoms. The van der Waals surface area contributed by atoms with Gasteiger partial charge in [-0.15, -0.1) is 0 Å². The molecule has 56 heavy (non-hydrogen) atoms. The van der Waals surface area contributed by atoms with Gasteiger partial charge >= 0.3 is 0 Å². The lowest BCUT2D eigenvalue weighted by Gasteiger charge is -2.39. The summed E-state index contributed by atoms with van der Waals surface area (Å²) in [6, 6.07) is 75.5. The molecule has 0 atom stereocenters. The van der Waals surface area contributed by atoms with Gasteiger partial charge in [0.05, 0.1) is 33.5 Å². The van der Waals surface area contributed by atoms with E-state index >= 15 is 0 Å². The van der Waals surface area contributed by atoms with Crippen molar-refractivity contribution in [2.75, 3.05) is 0 Å². The van der Waals surface area contributed by atoms with Crippen molar-refractivity contribution >= 4 is 21.8 Å². The molecule has 3 heterocycles. The molecule has 0 saturated carbocycles. The fraction of sp³-hybridized carbons (Fsp3) is 0.0185. The maximum absolute atomic E-state index is 5.10. The Hall–Kier alpha value is -7.29. The Bertz CT molecular complexity index is 3070. The standard InChI is InChI=1S/C54H34N2/c1-3-14-37(15-4-1)49-33-40(34-50(55-49)38-16-5-2-6-17-38)36-28-26-35(27-29-36)39-30-31-51-44(32-39)43-20-13-24-48-53(43)56(51)52-25-12-11-23-47(52)54(48)45-21-9-7-18-41(45)42-19-8-10-22-46(42)54/h1-34H. The quantitative estimate of drug-likeness (QED) is 0.178. The Morgan fingerprint density at radius 3 is 1.50 bits per heavy atom. The average Bonchev–Trinajstić information content (AvgIpc) is 3.77. The van der Waals surface area contributed by atoms with Gasteiger partial charge in [0, 0.05) is 21.9 Å². The average molecular weight is 711 g/mol. The largest absolute Gasteiger partial charge is 0.309 e. The number of pyridine rings is 1. The highest BCUT2D eigenvalue weighted by molar-refractivity contribution is 6.13. The minimum atomic E-state index is -0.403. The van der Waals surface area contributed by atoms with Crippen molar-refractivity contribution in [2.24, 2.45) is 0 Å². The van der Waals surface area contributed by atoms with Gasteiger partial charge in [-0.1, -0.05) is 176 Å². The minimum Gasteiger partial charge on any atom is -0.309 e. The molecule has 2 aromatic heterocycles. The number of aromatic nitrogens is 2. The van der Waals surface area contributed by atoms with Crippen molar-refractivity contribution in [1.82, 2.24) is 9.55 Å². The van der Waals surface area contributed by atoms with Crippen LogP contribution in [0.2, 0.25) is 0 Å². The molecule has 0 saturated heterocycles. The van der Waals surface area contributed by atoms with Crippen LogP contribution in [0.4, 0.5) is 0 Å². The fourth-order valence-corrected chi connectivity index (χ4v) is 9.81. The second-order valence-electron chi connectivity index (χ2n) is 15.1. The predicted octanol–water partition coefficient (Wildman–Crippen LogP) is 13.5. The summed E-state index contributed by atoms with van der Waals surface area (Å²) in [5, 5.41) is 2.55. The smallest absolute Gasteiger partial charge is 0.0754 e. The first-order valence-electron chi connectivity index (χ1n) is 19.4. The van der Waals surface area contributed by atoms with E-state index in [4.69, 9.17) is 4.98 Å². The number of hydrogen-bond donors (Lipinski definition) is 0. The first-order valence-corrected chi connectivity index (χ1v) is 19.4. The van der Waals surface area contributed by atoms with E-state index in [0.29, 0.717) is 0 Å². The Kier molecular flexibility index (Phi) is 6.58. The van der Waals surface area contributed by atoms with Crippen LogP contribution in [0.15, 0.2) is 206 Å². The number of para-hydroxylation sites is 2. The lowest BCUT2D eigenvalue weighted by atomic mass is 9.65. The summed E-state index contributed by atoms with van der Waals surface area (Å²) in [6.07, 6.45) is 0. The van der Waals surface area contributed by atoms with Crippen LogP contribution < -0.4 is 0 Å². The topological polar surface area (TPSA) is 17.8 Å². The van der Waals surface area contributed by atoms with Gasteiger partial charge in [-0.25, -0.2) is 4.98 Å². The Morgan fingerprint density at radius 2 is 0.857 bits per heavy atom. The van der Waals surface area contributed by atoms with Crippen LogP contribution in [-0.2, 0) is 5.41 Å². The maximum Gasteiger partial charge on any atom is 0.0754 e. The van der Waals surface area contributed by atoms with E-state index in [1.54, 1.807) is 0 Å². The molecule has 0 N–H and O–H groups in total. The molecular weight excluding hydrogens is 677 g/mol. The van der Waals surface area contributed by atoms with E-state index < -0.39 is 5.41 Å². The first kappa shape index (κ1) is 31.1. The Labute approximate surface area is 325 Å². The van der Waals surface area contributed by atoms with Crippen molar-refractivity contribution < 1.29 is 0 Å². The second kappa shape index (κ2) is 11.9. The molecule has 1 aliphatic heterocycles. The maximum atomic E-state index is 5.10. The van der Waals surface area contributed by atoms with Crippen molar-refractivity contribution in [3.8, 4) is 61.6 Å². The summed E-state index contributed by atoms with van der Waals surface area (Å²) in [5.74, 6) is 0. The van der Waals surface area contributed by atoms with E-state index in [0.717, 1.165) is 33.6 Å². The van der Waals surface area contributed by atoms with Gasteiger partial charge < -0.3 is 4.57 Å². The molecule has 1 spiro atoms. The molecule has 1 aliphatic carbocycles. The number of nitrogens with zero attached hydrogens (tertiary/aromatic N) is 2. The molecule has 10 aromatic rings. The number of benzene rings is 8. The molecule has 0 fully saturated rings. The van der Waals surface area contributed by atoms with E-state index in [1.807, 2.05) is 0 Å². The lowest BCUT2D eigenvalue weighted by molar-refractivity contribution is 0.748. The van der Waals surface area contributed by atoms with Crippen LogP contribution in [-0.4, -0.2) is 9.55 Å². The molecule has 2 aliphatic rings. The SMILES string of the molecule is c1ccc(-c2cc(-c3ccc(-c4ccc5c(c4)c4cccc6c4n5-c4ccccc4C64c5ccccc5-c5ccccc54)cc3)cc(-c3ccccc3)n2)cc1. The van der Waals surface area contributed by atoms with Gasteiger partial charge in [-0.3, -0.25) is 0 Å². The second-order valence-corrected chi connectivity index (χ2v) is 15.1. The highest BCUT2D eigenvalue weighted by Crippen LogP contribution is 2.60. The summed E-state index contributed by atoms with van der Waals surface area (Å²) < 4.78 is 2.52. The number of hydrogen-bond acceptors (Lipinski definition) is 1. The van der Waals surface area contributed by atoms with E-state index in [-0.39, 0.29) is 0 Å². The molecule has 0 amide bonds. The summed E-state index contributed by atoms with van der Waals surface area (Å²) >= 11 is 0. The van der Waals surface area contributed by atoms with Crippen molar-refractivity contribution in [2.45, 2.75) is 5.41 Å². The monoisotopic (exact) mass is 710 g/mol. The van der Waals surface area contributed by atoms with Crippen LogP contribution in [0.1, 0.15) is 22.3 Å². The number of fused-ring (bicyclic) bond motifs is 12. The predicted molar refractivity (Wildman–Crippen MR) is 231 cm³/mol. The summed E-state index contributed by atoms with van der Waals surface area (Å²) in [4.78, 5) is 5.10. The Balaban J connectivity index is 1.02. The van der Waals surface area contributed by atoms with Crippen molar-refractivity contribution in [3.05, 3.63) is 229 Å². The lowest BCUT2D eigenvalue weighted by Crippen LogP contribution is -2.33. The highest BCUT2D eigenvalue weighted by atomic mass is 15.0. The van der Waals surface area contributed by atoms with Crippen LogP contribution >= 0.6 is 0 Å². The molecular formula is C54H34N2. The zero-order valence-corrected chi connectivity index (χ0v) is 30.5. The van der Waals surface area contributed by atoms with Crippen molar-refractivity contribution in [1.29, 1.82) is 0 Å². The number of rotatable bonds is 4. The van der Waals surface area contributed by atoms with Crippen LogP contribution in [0.3, 0.4) is 0 Å². The molecule has 0 unspecified atom stereocenters. The molecule has 0 bridgehead atoms. The summed E-state index contributed by atoms with van der Waals surface area (Å²) in [5.41, 5.74) is 20.3. The van der Waals surface area contributed by atoms with Crippen LogP contribution in [0, 0.1) is 0 Å². The van der Waals surface area contributed by atoms with Gasteiger partial charge in [0.2, 0.25) is 0 Å². The van der Waals surface area contributed by atoms with Crippen molar-refractivity contribution in [3.63, 3.8) is 0 Å². The third-order valence-corrected chi connectivity index (χ3v) is 12.2. The van der Waals surface area contributed by atoms with Gasteiger partial charge in [-0.05, 0) is 86.0 Å². The van der Waals surface area contributed by atoms with Gasteiger partial charge in [0.15, 0.2) is 0 Å². The van der Waals surface area contributed by atoms with E-state index in [2.05, 4.69) is 211 Å². The first-order chi connectivity index (χ1) is 27.8. The zero-order chi connectivity index (χ0) is 36.8. The van der Waals surface area contributed by atoms with Crippen LogP contribution in [0.5, 0.6) is 0 Å².